The maximum atomic E-state index is 3.64. The van der Waals surface area contributed by atoms with Crippen molar-refractivity contribution in [1.29, 1.82) is 0 Å². The molecule has 0 amide bonds. The lowest BCUT2D eigenvalue weighted by molar-refractivity contribution is 0.689. The zero-order valence-electron chi connectivity index (χ0n) is 10.6. The van der Waals surface area contributed by atoms with Gasteiger partial charge in [0.2, 0.25) is 0 Å². The normalized spacial score (nSPS) is 16.1. The third-order valence-corrected chi connectivity index (χ3v) is 3.38. The molecule has 1 aliphatic heterocycles. The summed E-state index contributed by atoms with van der Waals surface area (Å²) in [5.74, 6) is 0. The highest BCUT2D eigenvalue weighted by atomic mass is 15.1. The van der Waals surface area contributed by atoms with E-state index in [0.717, 1.165) is 6.54 Å². The second-order valence-electron chi connectivity index (χ2n) is 4.81. The Morgan fingerprint density at radius 1 is 1.44 bits per heavy atom. The van der Waals surface area contributed by atoms with Gasteiger partial charge in [0, 0.05) is 36.6 Å². The molecule has 1 N–H and O–H groups in total. The first-order valence-electron chi connectivity index (χ1n) is 6.32. The van der Waals surface area contributed by atoms with E-state index in [1.54, 1.807) is 0 Å². The van der Waals surface area contributed by atoms with Gasteiger partial charge in [-0.25, -0.2) is 0 Å². The minimum absolute atomic E-state index is 0.572. The zero-order chi connectivity index (χ0) is 11.5. The summed E-state index contributed by atoms with van der Waals surface area (Å²) in [6.45, 7) is 5.65. The van der Waals surface area contributed by atoms with Crippen LogP contribution in [0.25, 0.3) is 0 Å². The first-order chi connectivity index (χ1) is 7.72. The Kier molecular flexibility index (Phi) is 3.37. The highest BCUT2D eigenvalue weighted by Gasteiger charge is 2.18. The predicted molar refractivity (Wildman–Crippen MR) is 71.4 cm³/mol. The molecule has 2 heteroatoms. The van der Waals surface area contributed by atoms with Crippen molar-refractivity contribution in [3.05, 3.63) is 23.8 Å². The van der Waals surface area contributed by atoms with Crippen molar-refractivity contribution in [3.63, 3.8) is 0 Å². The first kappa shape index (κ1) is 11.3. The number of hydrogen-bond donors (Lipinski definition) is 1. The molecule has 0 spiro atoms. The minimum atomic E-state index is 0.572. The molecule has 1 unspecified atom stereocenters. The number of rotatable bonds is 4. The van der Waals surface area contributed by atoms with Crippen LogP contribution in [0.5, 0.6) is 0 Å². The van der Waals surface area contributed by atoms with Crippen LogP contribution < -0.4 is 10.2 Å². The molecule has 1 heterocycles. The van der Waals surface area contributed by atoms with Crippen molar-refractivity contribution in [2.45, 2.75) is 39.2 Å². The Hall–Kier alpha value is -1.18. The van der Waals surface area contributed by atoms with Crippen LogP contribution in [0.2, 0.25) is 0 Å². The fraction of sp³-hybridized carbons (Fsp3) is 0.571. The summed E-state index contributed by atoms with van der Waals surface area (Å²) in [5, 5.41) is 3.64. The van der Waals surface area contributed by atoms with Crippen LogP contribution in [0.3, 0.4) is 0 Å². The molecule has 2 nitrogen and oxygen atoms in total. The molecule has 2 rings (SSSR count). The Morgan fingerprint density at radius 3 is 3.00 bits per heavy atom. The van der Waals surface area contributed by atoms with Crippen molar-refractivity contribution in [1.82, 2.24) is 0 Å². The number of nitrogens with zero attached hydrogens (tertiary/aromatic N) is 1. The summed E-state index contributed by atoms with van der Waals surface area (Å²) in [5.41, 5.74) is 4.23. The van der Waals surface area contributed by atoms with E-state index in [4.69, 9.17) is 0 Å². The number of nitrogens with one attached hydrogen (secondary N) is 1. The Bertz CT molecular complexity index is 360. The van der Waals surface area contributed by atoms with Crippen LogP contribution in [-0.2, 0) is 6.42 Å². The first-order valence-corrected chi connectivity index (χ1v) is 6.32. The van der Waals surface area contributed by atoms with E-state index in [1.807, 2.05) is 0 Å². The third-order valence-electron chi connectivity index (χ3n) is 3.38. The molecule has 0 aromatic heterocycles. The second kappa shape index (κ2) is 4.77. The smallest absolute Gasteiger partial charge is 0.0417 e. The van der Waals surface area contributed by atoms with E-state index in [2.05, 4.69) is 49.3 Å². The lowest BCUT2D eigenvalue weighted by Crippen LogP contribution is -2.15. The van der Waals surface area contributed by atoms with E-state index in [9.17, 15) is 0 Å². The largest absolute Gasteiger partial charge is 0.382 e. The van der Waals surface area contributed by atoms with Crippen LogP contribution in [0.15, 0.2) is 18.2 Å². The molecule has 0 aliphatic carbocycles. The van der Waals surface area contributed by atoms with Gasteiger partial charge in [0.25, 0.3) is 0 Å². The molecule has 1 aromatic rings. The van der Waals surface area contributed by atoms with Gasteiger partial charge in [-0.3, -0.25) is 0 Å². The Balaban J connectivity index is 2.16. The molecule has 88 valence electrons. The molecule has 0 radical (unpaired) electrons. The fourth-order valence-corrected chi connectivity index (χ4v) is 2.50. The number of benzene rings is 1. The van der Waals surface area contributed by atoms with E-state index in [1.165, 1.54) is 36.2 Å². The van der Waals surface area contributed by atoms with Crippen LogP contribution in [0, 0.1) is 0 Å². The quantitative estimate of drug-likeness (QED) is 0.834. The highest BCUT2D eigenvalue weighted by Crippen LogP contribution is 2.32. The molecule has 16 heavy (non-hydrogen) atoms. The summed E-state index contributed by atoms with van der Waals surface area (Å²) in [6, 6.07) is 7.16. The lowest BCUT2D eigenvalue weighted by Gasteiger charge is -2.18. The Labute approximate surface area is 98.7 Å². The molecule has 1 aliphatic rings. The van der Waals surface area contributed by atoms with Crippen LogP contribution in [-0.4, -0.2) is 19.6 Å². The van der Waals surface area contributed by atoms with Crippen molar-refractivity contribution in [3.8, 4) is 0 Å². The molecule has 0 saturated carbocycles. The maximum absolute atomic E-state index is 3.64. The average molecular weight is 218 g/mol. The van der Waals surface area contributed by atoms with Gasteiger partial charge in [-0.2, -0.15) is 0 Å². The topological polar surface area (TPSA) is 15.3 Å². The summed E-state index contributed by atoms with van der Waals surface area (Å²) in [7, 11) is 2.17. The summed E-state index contributed by atoms with van der Waals surface area (Å²) in [4.78, 5) is 2.34. The van der Waals surface area contributed by atoms with Gasteiger partial charge in [-0.05, 0) is 31.9 Å². The third kappa shape index (κ3) is 2.16. The molecular formula is C14H22N2. The molecule has 0 fully saturated rings. The number of anilines is 2. The second-order valence-corrected chi connectivity index (χ2v) is 4.81. The summed E-state index contributed by atoms with van der Waals surface area (Å²) in [6.07, 6.45) is 3.65. The Morgan fingerprint density at radius 2 is 2.25 bits per heavy atom. The van der Waals surface area contributed by atoms with Gasteiger partial charge in [0.15, 0.2) is 0 Å². The maximum Gasteiger partial charge on any atom is 0.0417 e. The van der Waals surface area contributed by atoms with Gasteiger partial charge >= 0.3 is 0 Å². The molecular weight excluding hydrogens is 196 g/mol. The van der Waals surface area contributed by atoms with Gasteiger partial charge in [0.05, 0.1) is 0 Å². The number of likely N-dealkylation sites (N-methyl/N-ethyl adjacent to an activating group) is 1. The van der Waals surface area contributed by atoms with Crippen molar-refractivity contribution < 1.29 is 0 Å². The van der Waals surface area contributed by atoms with Crippen LogP contribution >= 0.6 is 0 Å². The minimum Gasteiger partial charge on any atom is -0.382 e. The molecule has 0 bridgehead atoms. The highest BCUT2D eigenvalue weighted by molar-refractivity contribution is 5.69. The molecule has 1 aromatic carbocycles. The zero-order valence-corrected chi connectivity index (χ0v) is 10.6. The van der Waals surface area contributed by atoms with Crippen molar-refractivity contribution in [2.75, 3.05) is 23.8 Å². The van der Waals surface area contributed by atoms with Gasteiger partial charge in [-0.15, -0.1) is 0 Å². The van der Waals surface area contributed by atoms with E-state index >= 15 is 0 Å². The number of fused-ring (bicyclic) bond motifs is 1. The van der Waals surface area contributed by atoms with Crippen LogP contribution in [0.1, 0.15) is 32.3 Å². The fourth-order valence-electron chi connectivity index (χ4n) is 2.50. The predicted octanol–water partition coefficient (Wildman–Crippen LogP) is 3.28. The summed E-state index contributed by atoms with van der Waals surface area (Å²) >= 11 is 0. The molecule has 1 atom stereocenters. The monoisotopic (exact) mass is 218 g/mol. The van der Waals surface area contributed by atoms with Gasteiger partial charge < -0.3 is 10.2 Å². The standard InChI is InChI=1S/C14H22N2/c1-4-6-11(2)15-13-7-5-8-14-12(13)9-10-16(14)3/h5,7-8,11,15H,4,6,9-10H2,1-3H3. The van der Waals surface area contributed by atoms with E-state index in [0.29, 0.717) is 6.04 Å². The van der Waals surface area contributed by atoms with E-state index < -0.39 is 0 Å². The van der Waals surface area contributed by atoms with Crippen molar-refractivity contribution in [2.24, 2.45) is 0 Å². The van der Waals surface area contributed by atoms with E-state index in [-0.39, 0.29) is 0 Å². The van der Waals surface area contributed by atoms with Crippen LogP contribution in [0.4, 0.5) is 11.4 Å². The van der Waals surface area contributed by atoms with Gasteiger partial charge in [-0.1, -0.05) is 19.4 Å². The lowest BCUT2D eigenvalue weighted by atomic mass is 10.1. The summed E-state index contributed by atoms with van der Waals surface area (Å²) < 4.78 is 0. The van der Waals surface area contributed by atoms with Gasteiger partial charge in [0.1, 0.15) is 0 Å². The van der Waals surface area contributed by atoms with Crippen molar-refractivity contribution >= 4 is 11.4 Å². The average Bonchev–Trinajstić information content (AvgIpc) is 2.62. The molecule has 0 saturated heterocycles. The SMILES string of the molecule is CCCC(C)Nc1cccc2c1CCN2C. The number of hydrogen-bond acceptors (Lipinski definition) is 2.